The zero-order chi connectivity index (χ0) is 15.4. The van der Waals surface area contributed by atoms with Gasteiger partial charge in [-0.15, -0.1) is 0 Å². The maximum absolute atomic E-state index is 12.6. The number of benzene rings is 1. The minimum Gasteiger partial charge on any atom is -0.493 e. The van der Waals surface area contributed by atoms with Gasteiger partial charge in [-0.25, -0.2) is 0 Å². The van der Waals surface area contributed by atoms with Gasteiger partial charge in [0.25, 0.3) is 5.91 Å². The van der Waals surface area contributed by atoms with Crippen LogP contribution in [0.25, 0.3) is 0 Å². The van der Waals surface area contributed by atoms with Crippen LogP contribution in [0.3, 0.4) is 0 Å². The summed E-state index contributed by atoms with van der Waals surface area (Å²) in [6, 6.07) is 3.29. The molecule has 1 aliphatic heterocycles. The van der Waals surface area contributed by atoms with Crippen molar-refractivity contribution >= 4 is 17.5 Å². The number of nitrogens with zero attached hydrogens (tertiary/aromatic N) is 1. The van der Waals surface area contributed by atoms with Crippen molar-refractivity contribution in [1.29, 1.82) is 0 Å². The molecule has 1 aromatic rings. The summed E-state index contributed by atoms with van der Waals surface area (Å²) in [5.74, 6) is 0.857. The molecule has 21 heavy (non-hydrogen) atoms. The minimum absolute atomic E-state index is 0.0442. The quantitative estimate of drug-likeness (QED) is 0.857. The molecule has 0 saturated carbocycles. The molecule has 6 heteroatoms. The number of methoxy groups -OCH3 is 1. The average molecular weight is 314 g/mol. The van der Waals surface area contributed by atoms with E-state index in [0.29, 0.717) is 48.4 Å². The number of ether oxygens (including phenoxy) is 3. The lowest BCUT2D eigenvalue weighted by atomic mass is 10.1. The Balaban J connectivity index is 2.27. The van der Waals surface area contributed by atoms with Crippen LogP contribution in [-0.4, -0.2) is 50.3 Å². The zero-order valence-electron chi connectivity index (χ0n) is 12.5. The average Bonchev–Trinajstić information content (AvgIpc) is 2.48. The molecule has 0 N–H and O–H groups in total. The highest BCUT2D eigenvalue weighted by molar-refractivity contribution is 6.32. The summed E-state index contributed by atoms with van der Waals surface area (Å²) in [6.45, 7) is 6.00. The van der Waals surface area contributed by atoms with E-state index in [4.69, 9.17) is 25.8 Å². The lowest BCUT2D eigenvalue weighted by Gasteiger charge is -2.31. The molecule has 1 fully saturated rings. The SMILES string of the molecule is CCOc1c(Cl)cc(C(=O)N2CCOC(C)C2)cc1OC. The third-order valence-electron chi connectivity index (χ3n) is 3.29. The molecular weight excluding hydrogens is 294 g/mol. The topological polar surface area (TPSA) is 48.0 Å². The molecule has 0 aromatic heterocycles. The molecule has 0 aliphatic carbocycles. The maximum Gasteiger partial charge on any atom is 0.254 e. The number of amides is 1. The summed E-state index contributed by atoms with van der Waals surface area (Å²) >= 11 is 6.20. The van der Waals surface area contributed by atoms with E-state index in [0.717, 1.165) is 0 Å². The second-order valence-electron chi connectivity index (χ2n) is 4.86. The van der Waals surface area contributed by atoms with Gasteiger partial charge in [0.05, 0.1) is 31.5 Å². The van der Waals surface area contributed by atoms with Gasteiger partial charge in [0.2, 0.25) is 0 Å². The highest BCUT2D eigenvalue weighted by Crippen LogP contribution is 2.36. The van der Waals surface area contributed by atoms with Crippen molar-refractivity contribution in [1.82, 2.24) is 4.90 Å². The Labute approximate surface area is 129 Å². The molecule has 0 spiro atoms. The Hall–Kier alpha value is -1.46. The highest BCUT2D eigenvalue weighted by Gasteiger charge is 2.24. The number of carbonyl (C=O) groups is 1. The van der Waals surface area contributed by atoms with Crippen LogP contribution in [0.5, 0.6) is 11.5 Å². The number of carbonyl (C=O) groups excluding carboxylic acids is 1. The number of hydrogen-bond donors (Lipinski definition) is 0. The van der Waals surface area contributed by atoms with Crippen molar-refractivity contribution in [3.05, 3.63) is 22.7 Å². The van der Waals surface area contributed by atoms with E-state index in [1.165, 1.54) is 7.11 Å². The van der Waals surface area contributed by atoms with Crippen LogP contribution in [0, 0.1) is 0 Å². The van der Waals surface area contributed by atoms with Crippen molar-refractivity contribution < 1.29 is 19.0 Å². The third kappa shape index (κ3) is 3.60. The molecule has 0 bridgehead atoms. The molecule has 1 saturated heterocycles. The van der Waals surface area contributed by atoms with Gasteiger partial charge in [-0.1, -0.05) is 11.6 Å². The smallest absolute Gasteiger partial charge is 0.254 e. The molecule has 1 heterocycles. The predicted molar refractivity (Wildman–Crippen MR) is 80.5 cm³/mol. The molecule has 116 valence electrons. The molecular formula is C15H20ClNO4. The van der Waals surface area contributed by atoms with E-state index in [-0.39, 0.29) is 12.0 Å². The largest absolute Gasteiger partial charge is 0.493 e. The van der Waals surface area contributed by atoms with Crippen LogP contribution >= 0.6 is 11.6 Å². The summed E-state index contributed by atoms with van der Waals surface area (Å²) in [6.07, 6.45) is 0.0442. The molecule has 0 radical (unpaired) electrons. The minimum atomic E-state index is -0.0756. The van der Waals surface area contributed by atoms with E-state index < -0.39 is 0 Å². The summed E-state index contributed by atoms with van der Waals surface area (Å²) in [5, 5.41) is 0.376. The predicted octanol–water partition coefficient (Wildman–Crippen LogP) is 2.61. The summed E-state index contributed by atoms with van der Waals surface area (Å²) in [5.41, 5.74) is 0.495. The van der Waals surface area contributed by atoms with Gasteiger partial charge in [0, 0.05) is 18.7 Å². The van der Waals surface area contributed by atoms with Crippen LogP contribution in [0.1, 0.15) is 24.2 Å². The van der Waals surface area contributed by atoms with Gasteiger partial charge < -0.3 is 19.1 Å². The standard InChI is InChI=1S/C15H20ClNO4/c1-4-20-14-12(16)7-11(8-13(14)19-3)15(18)17-5-6-21-10(2)9-17/h7-8,10H,4-6,9H2,1-3H3. The second-order valence-corrected chi connectivity index (χ2v) is 5.26. The Kier molecular flexibility index (Phi) is 5.31. The van der Waals surface area contributed by atoms with Gasteiger partial charge >= 0.3 is 0 Å². The molecule has 5 nitrogen and oxygen atoms in total. The first-order chi connectivity index (χ1) is 10.1. The lowest BCUT2D eigenvalue weighted by molar-refractivity contribution is -0.0124. The van der Waals surface area contributed by atoms with Crippen molar-refractivity contribution in [2.24, 2.45) is 0 Å². The molecule has 1 unspecified atom stereocenters. The van der Waals surface area contributed by atoms with Gasteiger partial charge in [-0.05, 0) is 26.0 Å². The van der Waals surface area contributed by atoms with E-state index in [2.05, 4.69) is 0 Å². The van der Waals surface area contributed by atoms with Gasteiger partial charge in [-0.2, -0.15) is 0 Å². The number of hydrogen-bond acceptors (Lipinski definition) is 4. The third-order valence-corrected chi connectivity index (χ3v) is 3.57. The van der Waals surface area contributed by atoms with Crippen LogP contribution in [-0.2, 0) is 4.74 Å². The van der Waals surface area contributed by atoms with Crippen LogP contribution < -0.4 is 9.47 Å². The molecule has 1 aromatic carbocycles. The fourth-order valence-corrected chi connectivity index (χ4v) is 2.58. The Morgan fingerprint density at radius 2 is 2.29 bits per heavy atom. The Morgan fingerprint density at radius 3 is 2.90 bits per heavy atom. The number of halogens is 1. The fraction of sp³-hybridized carbons (Fsp3) is 0.533. The Morgan fingerprint density at radius 1 is 1.52 bits per heavy atom. The maximum atomic E-state index is 12.6. The molecule has 1 amide bonds. The van der Waals surface area contributed by atoms with Crippen LogP contribution in [0.2, 0.25) is 5.02 Å². The van der Waals surface area contributed by atoms with Crippen LogP contribution in [0.4, 0.5) is 0 Å². The Bertz CT molecular complexity index is 521. The van der Waals surface area contributed by atoms with Gasteiger partial charge in [-0.3, -0.25) is 4.79 Å². The fourth-order valence-electron chi connectivity index (χ4n) is 2.31. The van der Waals surface area contributed by atoms with E-state index in [9.17, 15) is 4.79 Å². The van der Waals surface area contributed by atoms with Gasteiger partial charge in [0.1, 0.15) is 0 Å². The van der Waals surface area contributed by atoms with E-state index in [1.54, 1.807) is 17.0 Å². The van der Waals surface area contributed by atoms with E-state index >= 15 is 0 Å². The number of morpholine rings is 1. The zero-order valence-corrected chi connectivity index (χ0v) is 13.3. The summed E-state index contributed by atoms with van der Waals surface area (Å²) < 4.78 is 16.2. The molecule has 1 atom stereocenters. The first kappa shape index (κ1) is 15.9. The monoisotopic (exact) mass is 313 g/mol. The van der Waals surface area contributed by atoms with Gasteiger partial charge in [0.15, 0.2) is 11.5 Å². The normalized spacial score (nSPS) is 18.5. The lowest BCUT2D eigenvalue weighted by Crippen LogP contribution is -2.44. The van der Waals surface area contributed by atoms with Crippen LogP contribution in [0.15, 0.2) is 12.1 Å². The van der Waals surface area contributed by atoms with Crippen molar-refractivity contribution in [3.8, 4) is 11.5 Å². The molecule has 2 rings (SSSR count). The van der Waals surface area contributed by atoms with Crippen molar-refractivity contribution in [2.45, 2.75) is 20.0 Å². The highest BCUT2D eigenvalue weighted by atomic mass is 35.5. The second kappa shape index (κ2) is 7.00. The first-order valence-corrected chi connectivity index (χ1v) is 7.35. The van der Waals surface area contributed by atoms with Crippen molar-refractivity contribution in [2.75, 3.05) is 33.4 Å². The van der Waals surface area contributed by atoms with E-state index in [1.807, 2.05) is 13.8 Å². The van der Waals surface area contributed by atoms with Crippen molar-refractivity contribution in [3.63, 3.8) is 0 Å². The summed E-state index contributed by atoms with van der Waals surface area (Å²) in [7, 11) is 1.53. The summed E-state index contributed by atoms with van der Waals surface area (Å²) in [4.78, 5) is 14.3. The first-order valence-electron chi connectivity index (χ1n) is 6.98. The molecule has 1 aliphatic rings. The number of rotatable bonds is 4.